The van der Waals surface area contributed by atoms with E-state index < -0.39 is 17.5 Å². The summed E-state index contributed by atoms with van der Waals surface area (Å²) in [5.74, 6) is -0.0159. The zero-order valence-corrected chi connectivity index (χ0v) is 25.2. The molecule has 0 saturated carbocycles. The van der Waals surface area contributed by atoms with Gasteiger partial charge in [-0.15, -0.1) is 0 Å². The largest absolute Gasteiger partial charge is 0.461 e. The van der Waals surface area contributed by atoms with Crippen LogP contribution < -0.4 is 9.64 Å². The van der Waals surface area contributed by atoms with Crippen molar-refractivity contribution < 1.29 is 18.3 Å². The van der Waals surface area contributed by atoms with Crippen molar-refractivity contribution in [3.8, 4) is 17.3 Å². The highest BCUT2D eigenvalue weighted by Gasteiger charge is 2.49. The van der Waals surface area contributed by atoms with Gasteiger partial charge < -0.3 is 14.5 Å². The molecule has 8 nitrogen and oxygen atoms in total. The quantitative estimate of drug-likeness (QED) is 0.236. The molecule has 4 aromatic rings. The molecule has 0 bridgehead atoms. The van der Waals surface area contributed by atoms with Crippen LogP contribution in [0.2, 0.25) is 5.02 Å². The van der Waals surface area contributed by atoms with Gasteiger partial charge in [-0.05, 0) is 36.9 Å². The number of carbonyl (C=O) groups is 1. The lowest BCUT2D eigenvalue weighted by atomic mass is 9.95. The molecular formula is C33H33ClF2N6O2. The predicted octanol–water partition coefficient (Wildman–Crippen LogP) is 5.67. The molecule has 0 unspecified atom stereocenters. The Bertz CT molecular complexity index is 1780. The van der Waals surface area contributed by atoms with Crippen LogP contribution in [0.1, 0.15) is 19.3 Å². The SMILES string of the molecule is C=CC(=O)N1CC(CN(C)c2nc(OC[C@]34CCCN3C[C@@H](F)C4)nc3c(F)c(-c4cccc5cccc(Cl)c45)ncc23)C1. The van der Waals surface area contributed by atoms with E-state index in [0.29, 0.717) is 59.8 Å². The summed E-state index contributed by atoms with van der Waals surface area (Å²) >= 11 is 6.58. The van der Waals surface area contributed by atoms with E-state index in [1.54, 1.807) is 23.2 Å². The number of amides is 1. The molecule has 0 spiro atoms. The fourth-order valence-electron chi connectivity index (χ4n) is 7.17. The van der Waals surface area contributed by atoms with Crippen LogP contribution in [0, 0.1) is 11.7 Å². The Labute approximate surface area is 259 Å². The van der Waals surface area contributed by atoms with Crippen LogP contribution in [0.25, 0.3) is 32.9 Å². The van der Waals surface area contributed by atoms with Gasteiger partial charge in [0.25, 0.3) is 0 Å². The Morgan fingerprint density at radius 3 is 2.82 bits per heavy atom. The second-order valence-corrected chi connectivity index (χ2v) is 12.6. The van der Waals surface area contributed by atoms with E-state index in [1.165, 1.54) is 6.08 Å². The van der Waals surface area contributed by atoms with Crippen LogP contribution in [-0.4, -0.2) is 88.7 Å². The minimum Gasteiger partial charge on any atom is -0.461 e. The van der Waals surface area contributed by atoms with Crippen molar-refractivity contribution in [1.29, 1.82) is 0 Å². The van der Waals surface area contributed by atoms with E-state index in [1.807, 2.05) is 36.2 Å². The number of pyridine rings is 1. The second kappa shape index (κ2) is 11.2. The zero-order valence-electron chi connectivity index (χ0n) is 24.5. The number of fused-ring (bicyclic) bond motifs is 3. The summed E-state index contributed by atoms with van der Waals surface area (Å²) in [6, 6.07) is 11.1. The zero-order chi connectivity index (χ0) is 30.6. The third-order valence-electron chi connectivity index (χ3n) is 9.32. The molecule has 2 atom stereocenters. The van der Waals surface area contributed by atoms with Crippen molar-refractivity contribution in [3.63, 3.8) is 0 Å². The maximum atomic E-state index is 16.6. The van der Waals surface area contributed by atoms with Crippen LogP contribution in [-0.2, 0) is 4.79 Å². The number of likely N-dealkylation sites (tertiary alicyclic amines) is 1. The molecule has 3 fully saturated rings. The van der Waals surface area contributed by atoms with Crippen molar-refractivity contribution in [2.24, 2.45) is 5.92 Å². The van der Waals surface area contributed by atoms with Crippen molar-refractivity contribution in [2.75, 3.05) is 51.3 Å². The van der Waals surface area contributed by atoms with E-state index in [0.717, 1.165) is 24.8 Å². The van der Waals surface area contributed by atoms with Crippen LogP contribution in [0.4, 0.5) is 14.6 Å². The van der Waals surface area contributed by atoms with E-state index in [4.69, 9.17) is 21.3 Å². The first-order valence-corrected chi connectivity index (χ1v) is 15.3. The van der Waals surface area contributed by atoms with Crippen molar-refractivity contribution in [3.05, 3.63) is 66.1 Å². The number of ether oxygens (including phenoxy) is 1. The third-order valence-corrected chi connectivity index (χ3v) is 9.64. The van der Waals surface area contributed by atoms with Gasteiger partial charge >= 0.3 is 6.01 Å². The van der Waals surface area contributed by atoms with Gasteiger partial charge in [0, 0.05) is 67.7 Å². The van der Waals surface area contributed by atoms with Gasteiger partial charge in [0.1, 0.15) is 29.8 Å². The Hall–Kier alpha value is -3.89. The second-order valence-electron chi connectivity index (χ2n) is 12.2. The predicted molar refractivity (Wildman–Crippen MR) is 167 cm³/mol. The Morgan fingerprint density at radius 1 is 1.23 bits per heavy atom. The van der Waals surface area contributed by atoms with Gasteiger partial charge in [0.05, 0.1) is 10.9 Å². The third kappa shape index (κ3) is 4.94. The normalized spacial score (nSPS) is 21.9. The van der Waals surface area contributed by atoms with Crippen molar-refractivity contribution in [1.82, 2.24) is 24.8 Å². The number of aromatic nitrogens is 3. The summed E-state index contributed by atoms with van der Waals surface area (Å²) in [4.78, 5) is 31.7. The lowest BCUT2D eigenvalue weighted by Crippen LogP contribution is -2.53. The minimum absolute atomic E-state index is 0.0342. The number of hydrogen-bond donors (Lipinski definition) is 0. The van der Waals surface area contributed by atoms with Crippen LogP contribution in [0.5, 0.6) is 6.01 Å². The van der Waals surface area contributed by atoms with E-state index in [-0.39, 0.29) is 35.7 Å². The number of halogens is 3. The Balaban J connectivity index is 1.28. The monoisotopic (exact) mass is 618 g/mol. The molecule has 1 amide bonds. The lowest BCUT2D eigenvalue weighted by Gasteiger charge is -2.40. The number of alkyl halides is 1. The lowest BCUT2D eigenvalue weighted by molar-refractivity contribution is -0.131. The summed E-state index contributed by atoms with van der Waals surface area (Å²) in [5, 5.41) is 2.52. The Kier molecular flexibility index (Phi) is 7.37. The maximum Gasteiger partial charge on any atom is 0.319 e. The van der Waals surface area contributed by atoms with Gasteiger partial charge in [0.2, 0.25) is 5.91 Å². The molecule has 3 saturated heterocycles. The Morgan fingerprint density at radius 2 is 2.02 bits per heavy atom. The maximum absolute atomic E-state index is 16.6. The standard InChI is InChI=1S/C33H33ClF2N6O2/c1-3-26(43)41-16-20(17-41)15-40(2)31-24-14-37-29(23-9-4-7-21-8-5-10-25(34)27(21)23)28(36)30(24)38-32(39-31)44-19-33-11-6-12-42(33)18-22(35)13-33/h3-5,7-10,14,20,22H,1,6,11-13,15-19H2,2H3/t22-,33+/m0/s1. The molecule has 0 aliphatic carbocycles. The van der Waals surface area contributed by atoms with Gasteiger partial charge in [-0.3, -0.25) is 14.7 Å². The number of carbonyl (C=O) groups excluding carboxylic acids is 1. The molecule has 2 aromatic carbocycles. The molecule has 3 aliphatic rings. The van der Waals surface area contributed by atoms with E-state index in [9.17, 15) is 9.18 Å². The van der Waals surface area contributed by atoms with Gasteiger partial charge in [-0.1, -0.05) is 48.5 Å². The minimum atomic E-state index is -0.897. The molecule has 0 N–H and O–H groups in total. The molecular weight excluding hydrogens is 586 g/mol. The molecule has 228 valence electrons. The first kappa shape index (κ1) is 28.9. The summed E-state index contributed by atoms with van der Waals surface area (Å²) in [6.07, 6.45) is 4.23. The smallest absolute Gasteiger partial charge is 0.319 e. The number of benzene rings is 2. The fourth-order valence-corrected chi connectivity index (χ4v) is 7.46. The van der Waals surface area contributed by atoms with Crippen LogP contribution in [0.15, 0.2) is 55.3 Å². The highest BCUT2D eigenvalue weighted by molar-refractivity contribution is 6.36. The van der Waals surface area contributed by atoms with Crippen molar-refractivity contribution in [2.45, 2.75) is 31.0 Å². The van der Waals surface area contributed by atoms with E-state index in [2.05, 4.69) is 21.4 Å². The average Bonchev–Trinajstić information content (AvgIpc) is 3.53. The molecule has 5 heterocycles. The topological polar surface area (TPSA) is 74.7 Å². The fraction of sp³-hybridized carbons (Fsp3) is 0.394. The molecule has 3 aliphatic heterocycles. The summed E-state index contributed by atoms with van der Waals surface area (Å²) < 4.78 is 37.2. The van der Waals surface area contributed by atoms with E-state index >= 15 is 4.39 Å². The van der Waals surface area contributed by atoms with Crippen LogP contribution >= 0.6 is 11.6 Å². The number of nitrogens with zero attached hydrogens (tertiary/aromatic N) is 6. The first-order chi connectivity index (χ1) is 21.3. The molecule has 7 rings (SSSR count). The van der Waals surface area contributed by atoms with Gasteiger partial charge in [0.15, 0.2) is 5.82 Å². The van der Waals surface area contributed by atoms with Gasteiger partial charge in [-0.2, -0.15) is 9.97 Å². The van der Waals surface area contributed by atoms with Crippen LogP contribution in [0.3, 0.4) is 0 Å². The molecule has 2 aromatic heterocycles. The molecule has 11 heteroatoms. The van der Waals surface area contributed by atoms with Crippen molar-refractivity contribution >= 4 is 45.0 Å². The summed E-state index contributed by atoms with van der Waals surface area (Å²) in [5.41, 5.74) is 0.367. The number of anilines is 1. The van der Waals surface area contributed by atoms with Gasteiger partial charge in [-0.25, -0.2) is 8.78 Å². The number of rotatable bonds is 8. The first-order valence-electron chi connectivity index (χ1n) is 14.9. The average molecular weight is 619 g/mol. The number of hydrogen-bond acceptors (Lipinski definition) is 7. The summed E-state index contributed by atoms with van der Waals surface area (Å²) in [6.45, 7) is 6.80. The highest BCUT2D eigenvalue weighted by atomic mass is 35.5. The molecule has 44 heavy (non-hydrogen) atoms. The summed E-state index contributed by atoms with van der Waals surface area (Å²) in [7, 11) is 1.88. The highest BCUT2D eigenvalue weighted by Crippen LogP contribution is 2.41. The molecule has 0 radical (unpaired) electrons.